The summed E-state index contributed by atoms with van der Waals surface area (Å²) < 4.78 is 0. The molecule has 222 valence electrons. The van der Waals surface area contributed by atoms with Crippen LogP contribution >= 0.6 is 0 Å². The summed E-state index contributed by atoms with van der Waals surface area (Å²) in [5.41, 5.74) is 8.78. The highest BCUT2D eigenvalue weighted by atomic mass is 14.8. The third-order valence-electron chi connectivity index (χ3n) is 9.91. The molecule has 0 spiro atoms. The average molecular weight is 609 g/mol. The largest absolute Gasteiger partial charge is 0.254 e. The van der Waals surface area contributed by atoms with E-state index >= 15 is 0 Å². The molecule has 0 bridgehead atoms. The fourth-order valence-electron chi connectivity index (χ4n) is 7.58. The van der Waals surface area contributed by atoms with Crippen LogP contribution in [-0.2, 0) is 0 Å². The highest BCUT2D eigenvalue weighted by Crippen LogP contribution is 2.39. The Kier molecular flexibility index (Phi) is 5.91. The number of rotatable bonds is 3. The fourth-order valence-corrected chi connectivity index (χ4v) is 7.58. The van der Waals surface area contributed by atoms with Crippen molar-refractivity contribution in [2.24, 2.45) is 0 Å². The second kappa shape index (κ2) is 10.6. The molecular formula is C46H28N2. The van der Waals surface area contributed by atoms with Crippen LogP contribution in [0.15, 0.2) is 170 Å². The summed E-state index contributed by atoms with van der Waals surface area (Å²) in [6, 6.07) is 59.2. The van der Waals surface area contributed by atoms with Crippen LogP contribution in [0.1, 0.15) is 0 Å². The monoisotopic (exact) mass is 608 g/mol. The Hall–Kier alpha value is -6.38. The molecule has 8 aromatic carbocycles. The minimum absolute atomic E-state index is 0.934. The summed E-state index contributed by atoms with van der Waals surface area (Å²) in [7, 11) is 0. The number of hydrogen-bond donors (Lipinski definition) is 0. The van der Waals surface area contributed by atoms with Crippen molar-refractivity contribution in [1.82, 2.24) is 9.97 Å². The Morgan fingerprint density at radius 3 is 1.54 bits per heavy atom. The molecule has 0 fully saturated rings. The maximum absolute atomic E-state index is 5.17. The van der Waals surface area contributed by atoms with Gasteiger partial charge in [0.15, 0.2) is 0 Å². The smallest absolute Gasteiger partial charge is 0.0972 e. The lowest BCUT2D eigenvalue weighted by molar-refractivity contribution is 1.37. The molecule has 2 heteroatoms. The molecule has 10 rings (SSSR count). The molecule has 48 heavy (non-hydrogen) atoms. The summed E-state index contributed by atoms with van der Waals surface area (Å²) in [6.07, 6.45) is 1.84. The highest BCUT2D eigenvalue weighted by molar-refractivity contribution is 6.25. The zero-order valence-electron chi connectivity index (χ0n) is 26.1. The van der Waals surface area contributed by atoms with Crippen molar-refractivity contribution in [2.45, 2.75) is 0 Å². The molecule has 0 N–H and O–H groups in total. The Bertz CT molecular complexity index is 2850. The van der Waals surface area contributed by atoms with Gasteiger partial charge in [0.05, 0.1) is 16.7 Å². The van der Waals surface area contributed by atoms with E-state index in [1.165, 1.54) is 65.3 Å². The van der Waals surface area contributed by atoms with Crippen molar-refractivity contribution in [1.29, 1.82) is 0 Å². The first kappa shape index (κ1) is 26.8. The van der Waals surface area contributed by atoms with E-state index in [0.29, 0.717) is 0 Å². The van der Waals surface area contributed by atoms with Gasteiger partial charge in [-0.25, -0.2) is 4.98 Å². The van der Waals surface area contributed by atoms with E-state index < -0.39 is 0 Å². The molecule has 0 atom stereocenters. The predicted molar refractivity (Wildman–Crippen MR) is 203 cm³/mol. The van der Waals surface area contributed by atoms with E-state index in [2.05, 4.69) is 163 Å². The zero-order chi connectivity index (χ0) is 31.6. The molecule has 0 radical (unpaired) electrons. The van der Waals surface area contributed by atoms with Crippen LogP contribution in [-0.4, -0.2) is 9.97 Å². The Morgan fingerprint density at radius 2 is 0.833 bits per heavy atom. The Balaban J connectivity index is 1.07. The molecule has 10 aromatic rings. The first-order valence-electron chi connectivity index (χ1n) is 16.4. The average Bonchev–Trinajstić information content (AvgIpc) is 3.17. The number of fused-ring (bicyclic) bond motifs is 10. The highest BCUT2D eigenvalue weighted by Gasteiger charge is 2.13. The van der Waals surface area contributed by atoms with Crippen LogP contribution in [0.3, 0.4) is 0 Å². The van der Waals surface area contributed by atoms with Gasteiger partial charge in [-0.1, -0.05) is 146 Å². The number of aromatic nitrogens is 2. The molecule has 0 saturated heterocycles. The minimum atomic E-state index is 0.934. The normalized spacial score (nSPS) is 11.8. The van der Waals surface area contributed by atoms with Crippen LogP contribution in [0.5, 0.6) is 0 Å². The molecule has 0 aliphatic heterocycles. The summed E-state index contributed by atoms with van der Waals surface area (Å²) >= 11 is 0. The van der Waals surface area contributed by atoms with Gasteiger partial charge in [-0.2, -0.15) is 0 Å². The summed E-state index contributed by atoms with van der Waals surface area (Å²) in [5, 5.41) is 12.4. The number of hydrogen-bond acceptors (Lipinski definition) is 2. The van der Waals surface area contributed by atoms with Gasteiger partial charge in [0.2, 0.25) is 0 Å². The summed E-state index contributed by atoms with van der Waals surface area (Å²) in [5.74, 6) is 0. The first-order valence-corrected chi connectivity index (χ1v) is 16.4. The van der Waals surface area contributed by atoms with E-state index in [0.717, 1.165) is 33.1 Å². The van der Waals surface area contributed by atoms with E-state index in [1.54, 1.807) is 0 Å². The van der Waals surface area contributed by atoms with Gasteiger partial charge < -0.3 is 0 Å². The van der Waals surface area contributed by atoms with Crippen LogP contribution in [0.4, 0.5) is 0 Å². The minimum Gasteiger partial charge on any atom is -0.254 e. The van der Waals surface area contributed by atoms with E-state index in [-0.39, 0.29) is 0 Å². The molecule has 0 unspecified atom stereocenters. The van der Waals surface area contributed by atoms with Gasteiger partial charge in [0.1, 0.15) is 0 Å². The van der Waals surface area contributed by atoms with E-state index in [9.17, 15) is 0 Å². The number of pyridine rings is 2. The standard InChI is InChI=1S/C46H28N2/c1-5-13-39-35(9-1)34(24-25-42(39)44-26-22-32-20-19-31-8-7-27-47-45(31)46(32)48-44)30-17-15-29(16-18-30)33-21-23-41-38-12-3-2-10-36(38)37-11-4-6-14-40(37)43(41)28-33/h1-28H. The summed E-state index contributed by atoms with van der Waals surface area (Å²) in [6.45, 7) is 0. The number of nitrogens with zero attached hydrogens (tertiary/aromatic N) is 2. The van der Waals surface area contributed by atoms with Crippen molar-refractivity contribution in [2.75, 3.05) is 0 Å². The molecule has 0 aliphatic carbocycles. The maximum atomic E-state index is 5.17. The quantitative estimate of drug-likeness (QED) is 0.187. The van der Waals surface area contributed by atoms with E-state index in [1.807, 2.05) is 12.3 Å². The second-order valence-corrected chi connectivity index (χ2v) is 12.5. The van der Waals surface area contributed by atoms with Gasteiger partial charge in [-0.15, -0.1) is 0 Å². The third-order valence-corrected chi connectivity index (χ3v) is 9.91. The lowest BCUT2D eigenvalue weighted by atomic mass is 9.91. The Labute approximate surface area is 277 Å². The molecule has 0 aliphatic rings. The van der Waals surface area contributed by atoms with Gasteiger partial charge in [-0.3, -0.25) is 4.98 Å². The van der Waals surface area contributed by atoms with Gasteiger partial charge in [0, 0.05) is 22.5 Å². The topological polar surface area (TPSA) is 25.8 Å². The first-order chi connectivity index (χ1) is 23.8. The van der Waals surface area contributed by atoms with Crippen LogP contribution < -0.4 is 0 Å². The van der Waals surface area contributed by atoms with Crippen molar-refractivity contribution >= 4 is 64.9 Å². The molecule has 2 aromatic heterocycles. The van der Waals surface area contributed by atoms with Crippen molar-refractivity contribution in [3.05, 3.63) is 170 Å². The lowest BCUT2D eigenvalue weighted by Crippen LogP contribution is -1.91. The van der Waals surface area contributed by atoms with Crippen molar-refractivity contribution in [3.8, 4) is 33.5 Å². The van der Waals surface area contributed by atoms with Crippen molar-refractivity contribution < 1.29 is 0 Å². The zero-order valence-corrected chi connectivity index (χ0v) is 26.1. The van der Waals surface area contributed by atoms with Gasteiger partial charge in [-0.05, 0) is 83.5 Å². The maximum Gasteiger partial charge on any atom is 0.0972 e. The lowest BCUT2D eigenvalue weighted by Gasteiger charge is -2.14. The van der Waals surface area contributed by atoms with E-state index in [4.69, 9.17) is 4.98 Å². The molecule has 2 nitrogen and oxygen atoms in total. The van der Waals surface area contributed by atoms with Crippen LogP contribution in [0.25, 0.3) is 98.4 Å². The molecule has 0 saturated carbocycles. The predicted octanol–water partition coefficient (Wildman–Crippen LogP) is 12.4. The molecule has 0 amide bonds. The Morgan fingerprint density at radius 1 is 0.312 bits per heavy atom. The second-order valence-electron chi connectivity index (χ2n) is 12.5. The SMILES string of the molecule is c1cnc2c(c1)ccc1ccc(-c3ccc(-c4ccc(-c5ccc6c7ccccc7c7ccccc7c6c5)cc4)c4ccccc34)nc12. The van der Waals surface area contributed by atoms with Crippen molar-refractivity contribution in [3.63, 3.8) is 0 Å². The molecule has 2 heterocycles. The number of benzene rings is 8. The fraction of sp³-hybridized carbons (Fsp3) is 0. The van der Waals surface area contributed by atoms with Gasteiger partial charge >= 0.3 is 0 Å². The van der Waals surface area contributed by atoms with Crippen LogP contribution in [0.2, 0.25) is 0 Å². The van der Waals surface area contributed by atoms with Gasteiger partial charge in [0.25, 0.3) is 0 Å². The van der Waals surface area contributed by atoms with Crippen LogP contribution in [0, 0.1) is 0 Å². The summed E-state index contributed by atoms with van der Waals surface area (Å²) in [4.78, 5) is 9.83. The third kappa shape index (κ3) is 4.13. The molecular weight excluding hydrogens is 581 g/mol.